The Balaban J connectivity index is 1.57. The van der Waals surface area contributed by atoms with E-state index in [4.69, 9.17) is 0 Å². The molecule has 1 fully saturated rings. The maximum Gasteiger partial charge on any atom is 0.251 e. The number of carbonyl (C=O) groups is 1. The SMILES string of the molecule is CN1CCCC(NC(=O)c2ccc(Cn3ccnn3)cc2)CC1. The Kier molecular flexibility index (Phi) is 5.02. The zero-order valence-electron chi connectivity index (χ0n) is 13.5. The van der Waals surface area contributed by atoms with Gasteiger partial charge in [-0.1, -0.05) is 17.3 Å². The summed E-state index contributed by atoms with van der Waals surface area (Å²) in [5.41, 5.74) is 1.81. The van der Waals surface area contributed by atoms with E-state index in [0.29, 0.717) is 12.1 Å². The smallest absolute Gasteiger partial charge is 0.251 e. The maximum absolute atomic E-state index is 12.4. The third-order valence-electron chi connectivity index (χ3n) is 4.32. The van der Waals surface area contributed by atoms with Crippen LogP contribution in [0.5, 0.6) is 0 Å². The van der Waals surface area contributed by atoms with Gasteiger partial charge in [0.1, 0.15) is 0 Å². The van der Waals surface area contributed by atoms with Crippen LogP contribution >= 0.6 is 0 Å². The van der Waals surface area contributed by atoms with Gasteiger partial charge in [0.15, 0.2) is 0 Å². The number of carbonyl (C=O) groups excluding carboxylic acids is 1. The standard InChI is InChI=1S/C17H23N5O/c1-21-10-2-3-16(8-11-21)19-17(23)15-6-4-14(5-7-15)13-22-12-9-18-20-22/h4-7,9,12,16H,2-3,8,10-11,13H2,1H3,(H,19,23). The van der Waals surface area contributed by atoms with Crippen LogP contribution in [0.15, 0.2) is 36.7 Å². The first kappa shape index (κ1) is 15.7. The summed E-state index contributed by atoms with van der Waals surface area (Å²) in [6, 6.07) is 7.98. The van der Waals surface area contributed by atoms with Crippen LogP contribution in [0.3, 0.4) is 0 Å². The third-order valence-corrected chi connectivity index (χ3v) is 4.32. The minimum Gasteiger partial charge on any atom is -0.349 e. The summed E-state index contributed by atoms with van der Waals surface area (Å²) in [5, 5.41) is 10.9. The highest BCUT2D eigenvalue weighted by molar-refractivity contribution is 5.94. The predicted molar refractivity (Wildman–Crippen MR) is 88.2 cm³/mol. The summed E-state index contributed by atoms with van der Waals surface area (Å²) in [7, 11) is 2.14. The molecular weight excluding hydrogens is 290 g/mol. The molecule has 1 aromatic carbocycles. The number of aromatic nitrogens is 3. The number of benzene rings is 1. The van der Waals surface area contributed by atoms with E-state index >= 15 is 0 Å². The van der Waals surface area contributed by atoms with Gasteiger partial charge in [-0.05, 0) is 57.1 Å². The lowest BCUT2D eigenvalue weighted by Gasteiger charge is -2.17. The number of nitrogens with one attached hydrogen (secondary N) is 1. The largest absolute Gasteiger partial charge is 0.349 e. The number of hydrogen-bond acceptors (Lipinski definition) is 4. The van der Waals surface area contributed by atoms with Gasteiger partial charge in [-0.25, -0.2) is 4.68 Å². The second kappa shape index (κ2) is 7.37. The summed E-state index contributed by atoms with van der Waals surface area (Å²) < 4.78 is 1.76. The summed E-state index contributed by atoms with van der Waals surface area (Å²) in [5.74, 6) is 0.0202. The normalized spacial score (nSPS) is 19.3. The van der Waals surface area contributed by atoms with Crippen molar-refractivity contribution in [2.24, 2.45) is 0 Å². The highest BCUT2D eigenvalue weighted by atomic mass is 16.1. The van der Waals surface area contributed by atoms with E-state index in [9.17, 15) is 4.79 Å². The van der Waals surface area contributed by atoms with Crippen LogP contribution < -0.4 is 5.32 Å². The molecule has 23 heavy (non-hydrogen) atoms. The Morgan fingerprint density at radius 1 is 1.26 bits per heavy atom. The van der Waals surface area contributed by atoms with Gasteiger partial charge >= 0.3 is 0 Å². The van der Waals surface area contributed by atoms with E-state index in [2.05, 4.69) is 27.6 Å². The molecule has 2 heterocycles. The molecule has 0 saturated carbocycles. The molecule has 6 nitrogen and oxygen atoms in total. The fourth-order valence-corrected chi connectivity index (χ4v) is 2.92. The van der Waals surface area contributed by atoms with Gasteiger partial charge in [0.2, 0.25) is 0 Å². The van der Waals surface area contributed by atoms with Crippen molar-refractivity contribution in [1.29, 1.82) is 0 Å². The van der Waals surface area contributed by atoms with Crippen LogP contribution in [-0.4, -0.2) is 52.0 Å². The van der Waals surface area contributed by atoms with Crippen molar-refractivity contribution in [1.82, 2.24) is 25.2 Å². The summed E-state index contributed by atoms with van der Waals surface area (Å²) in [6.07, 6.45) is 6.70. The van der Waals surface area contributed by atoms with Gasteiger partial charge in [-0.3, -0.25) is 4.79 Å². The molecule has 0 spiro atoms. The lowest BCUT2D eigenvalue weighted by Crippen LogP contribution is -2.35. The first-order chi connectivity index (χ1) is 11.2. The lowest BCUT2D eigenvalue weighted by atomic mass is 10.1. The van der Waals surface area contributed by atoms with Gasteiger partial charge in [-0.15, -0.1) is 5.10 Å². The average molecular weight is 313 g/mol. The number of amides is 1. The summed E-state index contributed by atoms with van der Waals surface area (Å²) in [6.45, 7) is 2.82. The maximum atomic E-state index is 12.4. The van der Waals surface area contributed by atoms with Crippen molar-refractivity contribution >= 4 is 5.91 Å². The van der Waals surface area contributed by atoms with E-state index in [-0.39, 0.29) is 11.9 Å². The van der Waals surface area contributed by atoms with Gasteiger partial charge in [0.25, 0.3) is 5.91 Å². The molecule has 122 valence electrons. The monoisotopic (exact) mass is 313 g/mol. The van der Waals surface area contributed by atoms with Crippen molar-refractivity contribution in [3.63, 3.8) is 0 Å². The van der Waals surface area contributed by atoms with Crippen molar-refractivity contribution in [2.75, 3.05) is 20.1 Å². The molecule has 1 unspecified atom stereocenters. The second-order valence-electron chi connectivity index (χ2n) is 6.20. The third kappa shape index (κ3) is 4.39. The lowest BCUT2D eigenvalue weighted by molar-refractivity contribution is 0.0933. The Bertz CT molecular complexity index is 623. The molecule has 1 aliphatic heterocycles. The molecule has 2 aromatic rings. The predicted octanol–water partition coefficient (Wildman–Crippen LogP) is 1.54. The topological polar surface area (TPSA) is 63.1 Å². The zero-order chi connectivity index (χ0) is 16.1. The molecule has 0 bridgehead atoms. The molecule has 1 atom stereocenters. The molecule has 1 saturated heterocycles. The minimum atomic E-state index is 0.0202. The highest BCUT2D eigenvalue weighted by Gasteiger charge is 2.17. The van der Waals surface area contributed by atoms with Crippen LogP contribution in [0.1, 0.15) is 35.2 Å². The molecule has 0 aliphatic carbocycles. The fourth-order valence-electron chi connectivity index (χ4n) is 2.92. The van der Waals surface area contributed by atoms with Crippen LogP contribution in [0.25, 0.3) is 0 Å². The van der Waals surface area contributed by atoms with Crippen LogP contribution in [0.4, 0.5) is 0 Å². The highest BCUT2D eigenvalue weighted by Crippen LogP contribution is 2.11. The Labute approximate surface area is 136 Å². The Morgan fingerprint density at radius 2 is 2.09 bits per heavy atom. The average Bonchev–Trinajstić information content (AvgIpc) is 2.97. The van der Waals surface area contributed by atoms with Gasteiger partial charge < -0.3 is 10.2 Å². The van der Waals surface area contributed by atoms with Crippen LogP contribution in [0, 0.1) is 0 Å². The van der Waals surface area contributed by atoms with Crippen molar-refractivity contribution < 1.29 is 4.79 Å². The van der Waals surface area contributed by atoms with E-state index in [1.54, 1.807) is 10.9 Å². The summed E-state index contributed by atoms with van der Waals surface area (Å²) in [4.78, 5) is 14.7. The van der Waals surface area contributed by atoms with Crippen molar-refractivity contribution in [2.45, 2.75) is 31.8 Å². The fraction of sp³-hybridized carbons (Fsp3) is 0.471. The first-order valence-corrected chi connectivity index (χ1v) is 8.13. The van der Waals surface area contributed by atoms with Gasteiger partial charge in [0.05, 0.1) is 12.7 Å². The van der Waals surface area contributed by atoms with E-state index < -0.39 is 0 Å². The number of likely N-dealkylation sites (tertiary alicyclic amines) is 1. The number of hydrogen-bond donors (Lipinski definition) is 1. The molecule has 1 aromatic heterocycles. The van der Waals surface area contributed by atoms with Gasteiger partial charge in [-0.2, -0.15) is 0 Å². The Morgan fingerprint density at radius 3 is 2.83 bits per heavy atom. The van der Waals surface area contributed by atoms with Crippen molar-refractivity contribution in [3.05, 3.63) is 47.8 Å². The minimum absolute atomic E-state index is 0.0202. The molecular formula is C17H23N5O. The quantitative estimate of drug-likeness (QED) is 0.930. The van der Waals surface area contributed by atoms with E-state index in [0.717, 1.165) is 37.9 Å². The molecule has 1 N–H and O–H groups in total. The zero-order valence-corrected chi connectivity index (χ0v) is 13.5. The Hall–Kier alpha value is -2.21. The molecule has 1 aliphatic rings. The molecule has 3 rings (SSSR count). The molecule has 6 heteroatoms. The molecule has 1 amide bonds. The summed E-state index contributed by atoms with van der Waals surface area (Å²) >= 11 is 0. The molecule has 0 radical (unpaired) electrons. The van der Waals surface area contributed by atoms with E-state index in [1.165, 1.54) is 0 Å². The number of nitrogens with zero attached hydrogens (tertiary/aromatic N) is 4. The first-order valence-electron chi connectivity index (χ1n) is 8.13. The van der Waals surface area contributed by atoms with E-state index in [1.807, 2.05) is 30.5 Å². The van der Waals surface area contributed by atoms with Crippen LogP contribution in [-0.2, 0) is 6.54 Å². The van der Waals surface area contributed by atoms with Gasteiger partial charge in [0, 0.05) is 17.8 Å². The van der Waals surface area contributed by atoms with Crippen LogP contribution in [0.2, 0.25) is 0 Å². The second-order valence-corrected chi connectivity index (χ2v) is 6.20. The number of rotatable bonds is 4. The van der Waals surface area contributed by atoms with Crippen molar-refractivity contribution in [3.8, 4) is 0 Å².